The standard InChI is InChI=1S/C18H15ClN2O4/c1-23-9-3-4-15(24-2)10(5-9)17-11-6-13(19)14(22)7-16(11)25-18(21)12(17)8-20/h3-7,17,22H,21H2,1-2H3/t17-/m1/s1. The number of allylic oxidation sites excluding steroid dienone is 1. The van der Waals surface area contributed by atoms with E-state index >= 15 is 0 Å². The zero-order valence-corrected chi connectivity index (χ0v) is 14.3. The molecule has 0 saturated carbocycles. The van der Waals surface area contributed by atoms with Crippen molar-refractivity contribution in [1.82, 2.24) is 0 Å². The summed E-state index contributed by atoms with van der Waals surface area (Å²) in [7, 11) is 3.09. The van der Waals surface area contributed by atoms with Crippen LogP contribution in [0.15, 0.2) is 41.8 Å². The molecule has 0 unspecified atom stereocenters. The second-order valence-corrected chi connectivity index (χ2v) is 5.78. The lowest BCUT2D eigenvalue weighted by Gasteiger charge is -2.28. The lowest BCUT2D eigenvalue weighted by molar-refractivity contribution is 0.380. The van der Waals surface area contributed by atoms with E-state index in [-0.39, 0.29) is 22.2 Å². The summed E-state index contributed by atoms with van der Waals surface area (Å²) < 4.78 is 16.2. The third-order valence-electron chi connectivity index (χ3n) is 4.03. The normalized spacial score (nSPS) is 15.8. The summed E-state index contributed by atoms with van der Waals surface area (Å²) in [6.07, 6.45) is 0. The highest BCUT2D eigenvalue weighted by molar-refractivity contribution is 6.32. The van der Waals surface area contributed by atoms with Crippen molar-refractivity contribution in [2.24, 2.45) is 5.73 Å². The van der Waals surface area contributed by atoms with Crippen LogP contribution in [0.2, 0.25) is 5.02 Å². The number of fused-ring (bicyclic) bond motifs is 1. The molecule has 0 aliphatic carbocycles. The van der Waals surface area contributed by atoms with Gasteiger partial charge in [-0.2, -0.15) is 5.26 Å². The van der Waals surface area contributed by atoms with Crippen molar-refractivity contribution in [3.05, 3.63) is 57.9 Å². The number of halogens is 1. The highest BCUT2D eigenvalue weighted by Crippen LogP contribution is 2.48. The van der Waals surface area contributed by atoms with Crippen LogP contribution in [0, 0.1) is 11.3 Å². The number of nitrogens with zero attached hydrogens (tertiary/aromatic N) is 1. The maximum absolute atomic E-state index is 9.85. The van der Waals surface area contributed by atoms with Crippen molar-refractivity contribution < 1.29 is 19.3 Å². The molecule has 0 aromatic heterocycles. The Labute approximate surface area is 149 Å². The van der Waals surface area contributed by atoms with Crippen LogP contribution in [0.25, 0.3) is 0 Å². The van der Waals surface area contributed by atoms with Crippen LogP contribution >= 0.6 is 11.6 Å². The Hall–Kier alpha value is -3.04. The number of hydrogen-bond donors (Lipinski definition) is 2. The molecule has 2 aromatic rings. The number of methoxy groups -OCH3 is 2. The van der Waals surface area contributed by atoms with Gasteiger partial charge < -0.3 is 25.1 Å². The van der Waals surface area contributed by atoms with E-state index in [1.165, 1.54) is 13.2 Å². The van der Waals surface area contributed by atoms with Crippen LogP contribution in [-0.2, 0) is 0 Å². The first-order valence-electron chi connectivity index (χ1n) is 7.32. The quantitative estimate of drug-likeness (QED) is 0.873. The van der Waals surface area contributed by atoms with Crippen molar-refractivity contribution in [2.75, 3.05) is 14.2 Å². The smallest absolute Gasteiger partial charge is 0.205 e. The largest absolute Gasteiger partial charge is 0.506 e. The molecular weight excluding hydrogens is 344 g/mol. The van der Waals surface area contributed by atoms with Crippen molar-refractivity contribution in [1.29, 1.82) is 5.26 Å². The Morgan fingerprint density at radius 3 is 2.60 bits per heavy atom. The molecule has 1 heterocycles. The number of rotatable bonds is 3. The first-order valence-corrected chi connectivity index (χ1v) is 7.69. The van der Waals surface area contributed by atoms with Gasteiger partial charge in [-0.25, -0.2) is 0 Å². The topological polar surface area (TPSA) is 97.7 Å². The van der Waals surface area contributed by atoms with E-state index < -0.39 is 5.92 Å². The molecule has 0 spiro atoms. The fraction of sp³-hybridized carbons (Fsp3) is 0.167. The van der Waals surface area contributed by atoms with E-state index in [1.807, 2.05) is 0 Å². The molecular formula is C18H15ClN2O4. The van der Waals surface area contributed by atoms with Gasteiger partial charge in [-0.15, -0.1) is 0 Å². The summed E-state index contributed by atoms with van der Waals surface area (Å²) in [6, 6.07) is 10.3. The predicted octanol–water partition coefficient (Wildman–Crippen LogP) is 3.28. The SMILES string of the molecule is COc1ccc(OC)c([C@H]2C(C#N)=C(N)Oc3cc(O)c(Cl)cc32)c1. The molecule has 1 aliphatic rings. The lowest BCUT2D eigenvalue weighted by atomic mass is 9.83. The predicted molar refractivity (Wildman–Crippen MR) is 92.0 cm³/mol. The molecule has 0 fully saturated rings. The molecule has 0 saturated heterocycles. The summed E-state index contributed by atoms with van der Waals surface area (Å²) >= 11 is 6.07. The van der Waals surface area contributed by atoms with Gasteiger partial charge in [-0.1, -0.05) is 11.6 Å². The monoisotopic (exact) mass is 358 g/mol. The van der Waals surface area contributed by atoms with E-state index in [0.29, 0.717) is 28.4 Å². The molecule has 25 heavy (non-hydrogen) atoms. The number of nitriles is 1. The van der Waals surface area contributed by atoms with Crippen LogP contribution in [-0.4, -0.2) is 19.3 Å². The van der Waals surface area contributed by atoms with E-state index in [1.54, 1.807) is 31.4 Å². The molecule has 3 N–H and O–H groups in total. The van der Waals surface area contributed by atoms with E-state index in [0.717, 1.165) is 0 Å². The maximum atomic E-state index is 9.85. The number of phenols is 1. The number of aromatic hydroxyl groups is 1. The molecule has 1 aliphatic heterocycles. The Morgan fingerprint density at radius 2 is 1.96 bits per heavy atom. The minimum absolute atomic E-state index is 0.0356. The van der Waals surface area contributed by atoms with Gasteiger partial charge in [0.25, 0.3) is 0 Å². The zero-order chi connectivity index (χ0) is 18.1. The molecule has 7 heteroatoms. The Balaban J connectivity index is 2.31. The summed E-state index contributed by atoms with van der Waals surface area (Å²) in [6.45, 7) is 0. The maximum Gasteiger partial charge on any atom is 0.205 e. The van der Waals surface area contributed by atoms with Crippen LogP contribution < -0.4 is 19.9 Å². The van der Waals surface area contributed by atoms with E-state index in [4.69, 9.17) is 31.5 Å². The Morgan fingerprint density at radius 1 is 1.20 bits per heavy atom. The third kappa shape index (κ3) is 2.79. The van der Waals surface area contributed by atoms with Crippen molar-refractivity contribution in [3.8, 4) is 29.1 Å². The highest BCUT2D eigenvalue weighted by atomic mass is 35.5. The van der Waals surface area contributed by atoms with Crippen LogP contribution in [0.4, 0.5) is 0 Å². The van der Waals surface area contributed by atoms with Gasteiger partial charge in [0.05, 0.1) is 25.2 Å². The molecule has 6 nitrogen and oxygen atoms in total. The number of hydrogen-bond acceptors (Lipinski definition) is 6. The molecule has 0 amide bonds. The average Bonchev–Trinajstić information content (AvgIpc) is 2.61. The second-order valence-electron chi connectivity index (χ2n) is 5.37. The Kier molecular flexibility index (Phi) is 4.34. The van der Waals surface area contributed by atoms with E-state index in [2.05, 4.69) is 6.07 Å². The van der Waals surface area contributed by atoms with Gasteiger partial charge in [0, 0.05) is 17.2 Å². The van der Waals surface area contributed by atoms with Crippen LogP contribution in [0.3, 0.4) is 0 Å². The lowest BCUT2D eigenvalue weighted by Crippen LogP contribution is -2.21. The van der Waals surface area contributed by atoms with Crippen molar-refractivity contribution in [3.63, 3.8) is 0 Å². The fourth-order valence-electron chi connectivity index (χ4n) is 2.85. The van der Waals surface area contributed by atoms with Crippen molar-refractivity contribution in [2.45, 2.75) is 5.92 Å². The number of ether oxygens (including phenoxy) is 3. The molecule has 1 atom stereocenters. The summed E-state index contributed by atoms with van der Waals surface area (Å²) in [5, 5.41) is 19.6. The van der Waals surface area contributed by atoms with Crippen molar-refractivity contribution >= 4 is 11.6 Å². The van der Waals surface area contributed by atoms with Crippen LogP contribution in [0.5, 0.6) is 23.0 Å². The third-order valence-corrected chi connectivity index (χ3v) is 4.34. The molecule has 0 bridgehead atoms. The Bertz CT molecular complexity index is 918. The van der Waals surface area contributed by atoms with Gasteiger partial charge in [0.1, 0.15) is 34.6 Å². The molecule has 2 aromatic carbocycles. The second kappa shape index (κ2) is 6.46. The summed E-state index contributed by atoms with van der Waals surface area (Å²) in [5.41, 5.74) is 7.42. The van der Waals surface area contributed by atoms with Gasteiger partial charge in [-0.05, 0) is 24.3 Å². The highest BCUT2D eigenvalue weighted by Gasteiger charge is 2.33. The number of phenolic OH excluding ortho intramolecular Hbond substituents is 1. The molecule has 3 rings (SSSR count). The van der Waals surface area contributed by atoms with Gasteiger partial charge >= 0.3 is 0 Å². The minimum Gasteiger partial charge on any atom is -0.506 e. The zero-order valence-electron chi connectivity index (χ0n) is 13.5. The van der Waals surface area contributed by atoms with Gasteiger partial charge in [-0.3, -0.25) is 0 Å². The summed E-state index contributed by atoms with van der Waals surface area (Å²) in [4.78, 5) is 0. The molecule has 0 radical (unpaired) electrons. The van der Waals surface area contributed by atoms with Gasteiger partial charge in [0.2, 0.25) is 5.88 Å². The van der Waals surface area contributed by atoms with Crippen LogP contribution in [0.1, 0.15) is 17.0 Å². The fourth-order valence-corrected chi connectivity index (χ4v) is 3.02. The number of benzene rings is 2. The minimum atomic E-state index is -0.572. The molecule has 128 valence electrons. The average molecular weight is 359 g/mol. The first kappa shape index (κ1) is 16.8. The van der Waals surface area contributed by atoms with E-state index in [9.17, 15) is 10.4 Å². The number of nitrogens with two attached hydrogens (primary N) is 1. The van der Waals surface area contributed by atoms with Gasteiger partial charge in [0.15, 0.2) is 0 Å². The summed E-state index contributed by atoms with van der Waals surface area (Å²) in [5.74, 6) is 0.745. The first-order chi connectivity index (χ1) is 12.0.